The van der Waals surface area contributed by atoms with E-state index in [9.17, 15) is 0 Å². The monoisotopic (exact) mass is 246 g/mol. The minimum atomic E-state index is 0.853. The molecule has 0 atom stereocenters. The van der Waals surface area contributed by atoms with Crippen LogP contribution in [-0.4, -0.2) is 25.7 Å². The van der Waals surface area contributed by atoms with Gasteiger partial charge in [0.1, 0.15) is 0 Å². The second-order valence-electron chi connectivity index (χ2n) is 5.42. The molecule has 0 amide bonds. The summed E-state index contributed by atoms with van der Waals surface area (Å²) in [6.45, 7) is 5.62. The molecule has 1 aromatic carbocycles. The normalized spacial score (nSPS) is 14.9. The number of hydrogen-bond donors (Lipinski definition) is 2. The van der Waals surface area contributed by atoms with E-state index in [4.69, 9.17) is 0 Å². The molecule has 0 radical (unpaired) electrons. The molecule has 2 N–H and O–H groups in total. The van der Waals surface area contributed by atoms with Crippen LogP contribution in [0.5, 0.6) is 0 Å². The molecule has 18 heavy (non-hydrogen) atoms. The smallest absolute Gasteiger partial charge is 0.00682 e. The molecule has 1 aromatic rings. The molecule has 2 heteroatoms. The highest BCUT2D eigenvalue weighted by atomic mass is 14.9. The van der Waals surface area contributed by atoms with Crippen molar-refractivity contribution in [2.75, 3.05) is 19.6 Å². The number of aryl methyl sites for hydroxylation is 2. The standard InChI is InChI=1S/C16H26N2/c1-14-5-2-6-15(13-14)7-3-10-17-11-4-12-18-16-8-9-16/h2,5-6,13,16-18H,3-4,7-12H2,1H3. The molecule has 1 fully saturated rings. The largest absolute Gasteiger partial charge is 0.317 e. The zero-order valence-corrected chi connectivity index (χ0v) is 11.5. The fourth-order valence-electron chi connectivity index (χ4n) is 2.22. The third-order valence-corrected chi connectivity index (χ3v) is 3.44. The van der Waals surface area contributed by atoms with Gasteiger partial charge in [-0.25, -0.2) is 0 Å². The molecule has 0 spiro atoms. The highest BCUT2D eigenvalue weighted by Crippen LogP contribution is 2.18. The quantitative estimate of drug-likeness (QED) is 0.655. The Kier molecular flexibility index (Phi) is 5.69. The van der Waals surface area contributed by atoms with E-state index in [1.54, 1.807) is 0 Å². The van der Waals surface area contributed by atoms with Gasteiger partial charge >= 0.3 is 0 Å². The van der Waals surface area contributed by atoms with E-state index < -0.39 is 0 Å². The lowest BCUT2D eigenvalue weighted by Gasteiger charge is -2.06. The number of benzene rings is 1. The van der Waals surface area contributed by atoms with Gasteiger partial charge in [0.2, 0.25) is 0 Å². The Morgan fingerprint density at radius 3 is 2.72 bits per heavy atom. The summed E-state index contributed by atoms with van der Waals surface area (Å²) in [6, 6.07) is 9.69. The van der Waals surface area contributed by atoms with Crippen molar-refractivity contribution in [3.8, 4) is 0 Å². The summed E-state index contributed by atoms with van der Waals surface area (Å²) in [4.78, 5) is 0. The van der Waals surface area contributed by atoms with Crippen LogP contribution in [0.2, 0.25) is 0 Å². The van der Waals surface area contributed by atoms with Gasteiger partial charge in [0.15, 0.2) is 0 Å². The average Bonchev–Trinajstić information content (AvgIpc) is 3.17. The van der Waals surface area contributed by atoms with Crippen molar-refractivity contribution < 1.29 is 0 Å². The van der Waals surface area contributed by atoms with Crippen LogP contribution in [0.15, 0.2) is 24.3 Å². The molecular weight excluding hydrogens is 220 g/mol. The number of nitrogens with one attached hydrogen (secondary N) is 2. The Bertz CT molecular complexity index is 345. The molecule has 2 nitrogen and oxygen atoms in total. The fourth-order valence-corrected chi connectivity index (χ4v) is 2.22. The Morgan fingerprint density at radius 1 is 1.11 bits per heavy atom. The van der Waals surface area contributed by atoms with Crippen molar-refractivity contribution in [1.29, 1.82) is 0 Å². The van der Waals surface area contributed by atoms with Gasteiger partial charge < -0.3 is 10.6 Å². The van der Waals surface area contributed by atoms with E-state index in [2.05, 4.69) is 41.8 Å². The Morgan fingerprint density at radius 2 is 1.94 bits per heavy atom. The van der Waals surface area contributed by atoms with Crippen molar-refractivity contribution in [2.24, 2.45) is 0 Å². The second-order valence-corrected chi connectivity index (χ2v) is 5.42. The third-order valence-electron chi connectivity index (χ3n) is 3.44. The van der Waals surface area contributed by atoms with Gasteiger partial charge in [-0.05, 0) is 64.2 Å². The van der Waals surface area contributed by atoms with Gasteiger partial charge in [0.05, 0.1) is 0 Å². The molecule has 1 aliphatic carbocycles. The minimum absolute atomic E-state index is 0.853. The van der Waals surface area contributed by atoms with Crippen LogP contribution >= 0.6 is 0 Å². The summed E-state index contributed by atoms with van der Waals surface area (Å²) in [7, 11) is 0. The van der Waals surface area contributed by atoms with Gasteiger partial charge in [-0.1, -0.05) is 29.8 Å². The maximum atomic E-state index is 3.54. The van der Waals surface area contributed by atoms with Crippen molar-refractivity contribution >= 4 is 0 Å². The first-order valence-corrected chi connectivity index (χ1v) is 7.34. The van der Waals surface area contributed by atoms with Gasteiger partial charge in [-0.3, -0.25) is 0 Å². The predicted molar refractivity (Wildman–Crippen MR) is 78.0 cm³/mol. The lowest BCUT2D eigenvalue weighted by atomic mass is 10.1. The highest BCUT2D eigenvalue weighted by Gasteiger charge is 2.19. The molecule has 0 bridgehead atoms. The Labute approximate surface area is 111 Å². The third kappa shape index (κ3) is 5.65. The second kappa shape index (κ2) is 7.55. The van der Waals surface area contributed by atoms with Gasteiger partial charge in [-0.15, -0.1) is 0 Å². The van der Waals surface area contributed by atoms with Crippen molar-refractivity contribution in [3.63, 3.8) is 0 Å². The number of rotatable bonds is 9. The highest BCUT2D eigenvalue weighted by molar-refractivity contribution is 5.22. The molecule has 0 unspecified atom stereocenters. The van der Waals surface area contributed by atoms with E-state index in [1.807, 2.05) is 0 Å². The van der Waals surface area contributed by atoms with Crippen molar-refractivity contribution in [3.05, 3.63) is 35.4 Å². The summed E-state index contributed by atoms with van der Waals surface area (Å²) in [5.41, 5.74) is 2.83. The van der Waals surface area contributed by atoms with Crippen LogP contribution in [0.1, 0.15) is 36.8 Å². The predicted octanol–water partition coefficient (Wildman–Crippen LogP) is 2.66. The van der Waals surface area contributed by atoms with E-state index in [0.717, 1.165) is 19.1 Å². The molecule has 100 valence electrons. The maximum Gasteiger partial charge on any atom is 0.00682 e. The topological polar surface area (TPSA) is 24.1 Å². The summed E-state index contributed by atoms with van der Waals surface area (Å²) in [5.74, 6) is 0. The summed E-state index contributed by atoms with van der Waals surface area (Å²) < 4.78 is 0. The van der Waals surface area contributed by atoms with Crippen LogP contribution in [0.25, 0.3) is 0 Å². The molecule has 0 saturated heterocycles. The van der Waals surface area contributed by atoms with Crippen LogP contribution in [0.4, 0.5) is 0 Å². The first-order valence-electron chi connectivity index (χ1n) is 7.34. The lowest BCUT2D eigenvalue weighted by Crippen LogP contribution is -2.24. The van der Waals surface area contributed by atoms with Gasteiger partial charge in [0.25, 0.3) is 0 Å². The van der Waals surface area contributed by atoms with Gasteiger partial charge in [-0.2, -0.15) is 0 Å². The van der Waals surface area contributed by atoms with Crippen LogP contribution < -0.4 is 10.6 Å². The lowest BCUT2D eigenvalue weighted by molar-refractivity contribution is 0.582. The molecule has 0 aromatic heterocycles. The SMILES string of the molecule is Cc1cccc(CCCNCCCNC2CC2)c1. The van der Waals surface area contributed by atoms with Crippen LogP contribution in [0.3, 0.4) is 0 Å². The van der Waals surface area contributed by atoms with Crippen LogP contribution in [-0.2, 0) is 6.42 Å². The maximum absolute atomic E-state index is 3.54. The van der Waals surface area contributed by atoms with Gasteiger partial charge in [0, 0.05) is 6.04 Å². The zero-order valence-electron chi connectivity index (χ0n) is 11.5. The molecule has 0 heterocycles. The van der Waals surface area contributed by atoms with Crippen molar-refractivity contribution in [1.82, 2.24) is 10.6 Å². The zero-order chi connectivity index (χ0) is 12.6. The van der Waals surface area contributed by atoms with E-state index >= 15 is 0 Å². The summed E-state index contributed by atoms with van der Waals surface area (Å²) >= 11 is 0. The summed E-state index contributed by atoms with van der Waals surface area (Å²) in [5, 5.41) is 7.06. The molecule has 1 saturated carbocycles. The van der Waals surface area contributed by atoms with Crippen LogP contribution in [0, 0.1) is 6.92 Å². The minimum Gasteiger partial charge on any atom is -0.317 e. The average molecular weight is 246 g/mol. The molecule has 0 aliphatic heterocycles. The van der Waals surface area contributed by atoms with Crippen molar-refractivity contribution in [2.45, 2.75) is 45.1 Å². The first-order chi connectivity index (χ1) is 8.84. The van der Waals surface area contributed by atoms with E-state index in [1.165, 1.54) is 49.8 Å². The first kappa shape index (κ1) is 13.6. The Balaban J connectivity index is 1.43. The molecule has 1 aliphatic rings. The molecule has 2 rings (SSSR count). The summed E-state index contributed by atoms with van der Waals surface area (Å²) in [6.07, 6.45) is 6.46. The van der Waals surface area contributed by atoms with E-state index in [0.29, 0.717) is 0 Å². The fraction of sp³-hybridized carbons (Fsp3) is 0.625. The number of hydrogen-bond acceptors (Lipinski definition) is 2. The molecular formula is C16H26N2. The van der Waals surface area contributed by atoms with E-state index in [-0.39, 0.29) is 0 Å². The Hall–Kier alpha value is -0.860.